The number of amides is 1. The third-order valence-corrected chi connectivity index (χ3v) is 6.96. The van der Waals surface area contributed by atoms with Gasteiger partial charge in [0.1, 0.15) is 5.75 Å². The van der Waals surface area contributed by atoms with Gasteiger partial charge in [0.05, 0.1) is 23.0 Å². The first-order chi connectivity index (χ1) is 15.7. The van der Waals surface area contributed by atoms with Crippen molar-refractivity contribution in [2.24, 2.45) is 0 Å². The number of sulfonamides is 1. The number of carbonyl (C=O) groups excluding carboxylic acids is 1. The Kier molecular flexibility index (Phi) is 7.41. The largest absolute Gasteiger partial charge is 0.497 e. The lowest BCUT2D eigenvalue weighted by Gasteiger charge is -2.28. The van der Waals surface area contributed by atoms with Crippen molar-refractivity contribution in [3.8, 4) is 5.75 Å². The topological polar surface area (TPSA) is 119 Å². The molecule has 9 nitrogen and oxygen atoms in total. The molecule has 0 unspecified atom stereocenters. The molecule has 0 radical (unpaired) electrons. The molecule has 0 aliphatic heterocycles. The standard InChI is InChI=1S/C23H23N3O6S/c1-25(33(30,31)21-9-4-3-5-10-21)22(17-11-13-20(32-2)14-12-17)16-23(27)24-18-7-6-8-19(15-18)26(28)29/h3-15,22H,16H2,1-2H3,(H,24,27)/t22-/m1/s1. The number of anilines is 1. The van der Waals surface area contributed by atoms with Gasteiger partial charge in [0, 0.05) is 31.3 Å². The number of nitro groups is 1. The molecule has 1 atom stereocenters. The number of methoxy groups -OCH3 is 1. The average molecular weight is 470 g/mol. The predicted molar refractivity (Wildman–Crippen MR) is 123 cm³/mol. The van der Waals surface area contributed by atoms with Crippen LogP contribution < -0.4 is 10.1 Å². The second-order valence-corrected chi connectivity index (χ2v) is 9.18. The maximum absolute atomic E-state index is 13.2. The summed E-state index contributed by atoms with van der Waals surface area (Å²) in [6.45, 7) is 0. The summed E-state index contributed by atoms with van der Waals surface area (Å²) < 4.78 is 32.8. The summed E-state index contributed by atoms with van der Waals surface area (Å²) in [6, 6.07) is 19.4. The number of ether oxygens (including phenoxy) is 1. The molecule has 3 aromatic rings. The van der Waals surface area contributed by atoms with Crippen molar-refractivity contribution in [1.82, 2.24) is 4.31 Å². The zero-order valence-electron chi connectivity index (χ0n) is 18.0. The normalized spacial score (nSPS) is 12.2. The van der Waals surface area contributed by atoms with E-state index in [9.17, 15) is 23.3 Å². The van der Waals surface area contributed by atoms with Crippen molar-refractivity contribution in [1.29, 1.82) is 0 Å². The van der Waals surface area contributed by atoms with Crippen molar-refractivity contribution in [2.45, 2.75) is 17.4 Å². The summed E-state index contributed by atoms with van der Waals surface area (Å²) in [5, 5.41) is 13.6. The van der Waals surface area contributed by atoms with E-state index >= 15 is 0 Å². The van der Waals surface area contributed by atoms with Crippen molar-refractivity contribution in [3.63, 3.8) is 0 Å². The molecule has 3 aromatic carbocycles. The SMILES string of the molecule is COc1ccc([C@@H](CC(=O)Nc2cccc([N+](=O)[O-])c2)N(C)S(=O)(=O)c2ccccc2)cc1. The van der Waals surface area contributed by atoms with Crippen LogP contribution in [0.15, 0.2) is 83.8 Å². The molecule has 0 aliphatic rings. The Morgan fingerprint density at radius 3 is 2.33 bits per heavy atom. The fourth-order valence-electron chi connectivity index (χ4n) is 3.29. The minimum atomic E-state index is -3.91. The fourth-order valence-corrected chi connectivity index (χ4v) is 4.66. The highest BCUT2D eigenvalue weighted by molar-refractivity contribution is 7.89. The predicted octanol–water partition coefficient (Wildman–Crippen LogP) is 3.99. The molecule has 0 heterocycles. The average Bonchev–Trinajstić information content (AvgIpc) is 2.83. The molecule has 0 spiro atoms. The van der Waals surface area contributed by atoms with Gasteiger partial charge in [0.2, 0.25) is 15.9 Å². The Hall–Kier alpha value is -3.76. The third kappa shape index (κ3) is 5.73. The van der Waals surface area contributed by atoms with Gasteiger partial charge in [-0.1, -0.05) is 36.4 Å². The van der Waals surface area contributed by atoms with Crippen LogP contribution in [0.4, 0.5) is 11.4 Å². The molecule has 0 aromatic heterocycles. The van der Waals surface area contributed by atoms with Crippen LogP contribution in [0.2, 0.25) is 0 Å². The Morgan fingerprint density at radius 2 is 1.73 bits per heavy atom. The quantitative estimate of drug-likeness (QED) is 0.374. The molecule has 0 aliphatic carbocycles. The summed E-state index contributed by atoms with van der Waals surface area (Å²) >= 11 is 0. The zero-order valence-corrected chi connectivity index (χ0v) is 18.9. The van der Waals surface area contributed by atoms with Crippen LogP contribution in [0.5, 0.6) is 5.75 Å². The van der Waals surface area contributed by atoms with Crippen LogP contribution in [-0.2, 0) is 14.8 Å². The second kappa shape index (κ2) is 10.2. The summed E-state index contributed by atoms with van der Waals surface area (Å²) in [5.74, 6) is 0.0959. The lowest BCUT2D eigenvalue weighted by molar-refractivity contribution is -0.384. The van der Waals surface area contributed by atoms with Gasteiger partial charge in [0.15, 0.2) is 0 Å². The van der Waals surface area contributed by atoms with E-state index in [0.29, 0.717) is 11.3 Å². The fraction of sp³-hybridized carbons (Fsp3) is 0.174. The van der Waals surface area contributed by atoms with Gasteiger partial charge in [-0.15, -0.1) is 0 Å². The van der Waals surface area contributed by atoms with E-state index in [1.807, 2.05) is 0 Å². The molecule has 0 saturated carbocycles. The first-order valence-electron chi connectivity index (χ1n) is 9.93. The minimum Gasteiger partial charge on any atom is -0.497 e. The molecule has 172 valence electrons. The Balaban J connectivity index is 1.90. The van der Waals surface area contributed by atoms with Crippen molar-refractivity contribution >= 4 is 27.3 Å². The molecule has 1 amide bonds. The number of carbonyl (C=O) groups is 1. The van der Waals surface area contributed by atoms with Crippen LogP contribution in [0.1, 0.15) is 18.0 Å². The van der Waals surface area contributed by atoms with Gasteiger partial charge in [-0.05, 0) is 35.9 Å². The summed E-state index contributed by atoms with van der Waals surface area (Å²) in [6.07, 6.45) is -0.211. The lowest BCUT2D eigenvalue weighted by atomic mass is 10.0. The highest BCUT2D eigenvalue weighted by atomic mass is 32.2. The number of nitro benzene ring substituents is 1. The second-order valence-electron chi connectivity index (χ2n) is 7.18. The van der Waals surface area contributed by atoms with Crippen LogP contribution >= 0.6 is 0 Å². The summed E-state index contributed by atoms with van der Waals surface area (Å²) in [7, 11) is -0.972. The van der Waals surface area contributed by atoms with Crippen LogP contribution in [0, 0.1) is 10.1 Å². The van der Waals surface area contributed by atoms with Gasteiger partial charge < -0.3 is 10.1 Å². The van der Waals surface area contributed by atoms with E-state index in [4.69, 9.17) is 4.74 Å². The molecular weight excluding hydrogens is 446 g/mol. The molecule has 33 heavy (non-hydrogen) atoms. The number of hydrogen-bond donors (Lipinski definition) is 1. The van der Waals surface area contributed by atoms with Crippen LogP contribution in [0.25, 0.3) is 0 Å². The summed E-state index contributed by atoms with van der Waals surface area (Å²) in [4.78, 5) is 23.4. The highest BCUT2D eigenvalue weighted by Crippen LogP contribution is 2.30. The maximum atomic E-state index is 13.2. The van der Waals surface area contributed by atoms with Crippen molar-refractivity contribution in [2.75, 3.05) is 19.5 Å². The third-order valence-electron chi connectivity index (χ3n) is 5.08. The molecule has 0 fully saturated rings. The monoisotopic (exact) mass is 469 g/mol. The first kappa shape index (κ1) is 23.9. The van der Waals surface area contributed by atoms with Crippen molar-refractivity contribution in [3.05, 3.63) is 94.5 Å². The lowest BCUT2D eigenvalue weighted by Crippen LogP contribution is -2.33. The Labute approximate surface area is 191 Å². The van der Waals surface area contributed by atoms with Gasteiger partial charge in [0.25, 0.3) is 5.69 Å². The molecule has 0 bridgehead atoms. The summed E-state index contributed by atoms with van der Waals surface area (Å²) in [5.41, 5.74) is 0.673. The number of nitrogens with zero attached hydrogens (tertiary/aromatic N) is 2. The van der Waals surface area contributed by atoms with E-state index in [1.165, 1.54) is 50.6 Å². The number of nitrogens with one attached hydrogen (secondary N) is 1. The number of non-ortho nitro benzene ring substituents is 1. The van der Waals surface area contributed by atoms with Gasteiger partial charge in [-0.25, -0.2) is 8.42 Å². The van der Waals surface area contributed by atoms with E-state index < -0.39 is 26.9 Å². The van der Waals surface area contributed by atoms with Crippen molar-refractivity contribution < 1.29 is 22.9 Å². The van der Waals surface area contributed by atoms with Gasteiger partial charge in [-0.3, -0.25) is 14.9 Å². The van der Waals surface area contributed by atoms with E-state index in [-0.39, 0.29) is 22.7 Å². The molecule has 1 N–H and O–H groups in total. The van der Waals surface area contributed by atoms with Gasteiger partial charge in [-0.2, -0.15) is 4.31 Å². The zero-order chi connectivity index (χ0) is 24.0. The van der Waals surface area contributed by atoms with E-state index in [0.717, 1.165) is 4.31 Å². The maximum Gasteiger partial charge on any atom is 0.271 e. The minimum absolute atomic E-state index is 0.102. The highest BCUT2D eigenvalue weighted by Gasteiger charge is 2.31. The Morgan fingerprint density at radius 1 is 1.06 bits per heavy atom. The van der Waals surface area contributed by atoms with Gasteiger partial charge >= 0.3 is 0 Å². The molecule has 3 rings (SSSR count). The smallest absolute Gasteiger partial charge is 0.271 e. The first-order valence-corrected chi connectivity index (χ1v) is 11.4. The number of rotatable bonds is 9. The number of hydrogen-bond acceptors (Lipinski definition) is 6. The van der Waals surface area contributed by atoms with Crippen LogP contribution in [0.3, 0.4) is 0 Å². The molecule has 0 saturated heterocycles. The van der Waals surface area contributed by atoms with E-state index in [1.54, 1.807) is 42.5 Å². The number of benzene rings is 3. The molecular formula is C23H23N3O6S. The molecule has 10 heteroatoms. The van der Waals surface area contributed by atoms with E-state index in [2.05, 4.69) is 5.32 Å². The Bertz CT molecular complexity index is 1230. The van der Waals surface area contributed by atoms with Crippen LogP contribution in [-0.4, -0.2) is 37.7 Å².